The Morgan fingerprint density at radius 2 is 1.76 bits per heavy atom. The maximum absolute atomic E-state index is 13.2. The molecule has 3 aromatic rings. The molecule has 2 aliphatic rings. The lowest BCUT2D eigenvalue weighted by atomic mass is 9.89. The summed E-state index contributed by atoms with van der Waals surface area (Å²) in [4.78, 5) is 50.0. The summed E-state index contributed by atoms with van der Waals surface area (Å²) < 4.78 is 1.58. The summed E-state index contributed by atoms with van der Waals surface area (Å²) in [6.45, 7) is 1.06. The summed E-state index contributed by atoms with van der Waals surface area (Å²) in [6, 6.07) is 14.0. The summed E-state index contributed by atoms with van der Waals surface area (Å²) in [5, 5.41) is 9.57. The minimum atomic E-state index is -0.984. The number of hydrogen-bond donors (Lipinski definition) is 1. The van der Waals surface area contributed by atoms with Gasteiger partial charge in [-0.05, 0) is 25.0 Å². The molecule has 0 radical (unpaired) electrons. The van der Waals surface area contributed by atoms with E-state index in [9.17, 15) is 19.5 Å². The standard InChI is InChI=1S/C24H23N5O4/c30-20(18-4-2-1-3-5-18)15-29-22-26-19(17-6-10-25-11-7-17)14-21(31)28(22)13-9-24(29)8-12-27(16-24)23(32)33/h1-7,10-11,14H,8-9,12-13,15-16H2,(H,32,33). The van der Waals surface area contributed by atoms with E-state index in [1.807, 2.05) is 11.0 Å². The number of ketones is 1. The highest BCUT2D eigenvalue weighted by molar-refractivity contribution is 5.99. The maximum atomic E-state index is 13.2. The second kappa shape index (κ2) is 8.16. The van der Waals surface area contributed by atoms with E-state index in [4.69, 9.17) is 4.98 Å². The quantitative estimate of drug-likeness (QED) is 0.615. The Morgan fingerprint density at radius 1 is 1.03 bits per heavy atom. The van der Waals surface area contributed by atoms with Crippen molar-refractivity contribution in [2.24, 2.45) is 0 Å². The van der Waals surface area contributed by atoms with Gasteiger partial charge in [0.1, 0.15) is 0 Å². The van der Waals surface area contributed by atoms with Gasteiger partial charge in [0.15, 0.2) is 5.78 Å². The molecule has 1 atom stereocenters. The Hall–Kier alpha value is -4.01. The molecule has 1 amide bonds. The molecule has 1 saturated heterocycles. The largest absolute Gasteiger partial charge is 0.465 e. The van der Waals surface area contributed by atoms with Crippen molar-refractivity contribution in [3.05, 3.63) is 76.8 Å². The Bertz CT molecular complexity index is 1260. The summed E-state index contributed by atoms with van der Waals surface area (Å²) >= 11 is 0. The normalized spacial score (nSPS) is 19.5. The first kappa shape index (κ1) is 20.9. The Labute approximate surface area is 189 Å². The van der Waals surface area contributed by atoms with E-state index in [0.717, 1.165) is 5.56 Å². The first-order valence-electron chi connectivity index (χ1n) is 10.8. The van der Waals surface area contributed by atoms with Gasteiger partial charge in [-0.2, -0.15) is 0 Å². The number of carbonyl (C=O) groups is 2. The molecular weight excluding hydrogens is 422 g/mol. The zero-order valence-corrected chi connectivity index (χ0v) is 17.9. The van der Waals surface area contributed by atoms with Gasteiger partial charge in [0.05, 0.1) is 17.8 Å². The van der Waals surface area contributed by atoms with Gasteiger partial charge in [0.2, 0.25) is 5.95 Å². The molecule has 9 nitrogen and oxygen atoms in total. The van der Waals surface area contributed by atoms with E-state index in [-0.39, 0.29) is 24.4 Å². The molecule has 0 saturated carbocycles. The predicted octanol–water partition coefficient (Wildman–Crippen LogP) is 2.52. The number of carbonyl (C=O) groups excluding carboxylic acids is 1. The van der Waals surface area contributed by atoms with Crippen molar-refractivity contribution in [2.45, 2.75) is 24.9 Å². The number of Topliss-reactive ketones (excluding diaryl/α,β-unsaturated/α-hetero) is 1. The van der Waals surface area contributed by atoms with Gasteiger partial charge in [-0.1, -0.05) is 30.3 Å². The topological polar surface area (TPSA) is 109 Å². The molecule has 1 spiro atoms. The maximum Gasteiger partial charge on any atom is 0.407 e. The first-order valence-corrected chi connectivity index (χ1v) is 10.8. The molecule has 1 aromatic carbocycles. The molecule has 33 heavy (non-hydrogen) atoms. The van der Waals surface area contributed by atoms with Crippen molar-refractivity contribution in [3.8, 4) is 11.3 Å². The smallest absolute Gasteiger partial charge is 0.407 e. The second-order valence-corrected chi connectivity index (χ2v) is 8.47. The summed E-state index contributed by atoms with van der Waals surface area (Å²) in [7, 11) is 0. The number of hydrogen-bond acceptors (Lipinski definition) is 6. The van der Waals surface area contributed by atoms with Gasteiger partial charge in [-0.25, -0.2) is 9.78 Å². The minimum absolute atomic E-state index is 0.00368. The van der Waals surface area contributed by atoms with Crippen molar-refractivity contribution < 1.29 is 14.7 Å². The third kappa shape index (κ3) is 3.75. The Kier molecular flexibility index (Phi) is 5.16. The van der Waals surface area contributed by atoms with Gasteiger partial charge in [-0.15, -0.1) is 0 Å². The summed E-state index contributed by atoms with van der Waals surface area (Å²) in [5.74, 6) is 0.290. The van der Waals surface area contributed by atoms with Gasteiger partial charge in [0.25, 0.3) is 5.56 Å². The van der Waals surface area contributed by atoms with Gasteiger partial charge < -0.3 is 14.9 Å². The molecule has 1 N–H and O–H groups in total. The molecule has 2 aromatic heterocycles. The van der Waals surface area contributed by atoms with Crippen LogP contribution in [0.15, 0.2) is 65.7 Å². The van der Waals surface area contributed by atoms with Crippen LogP contribution in [0.4, 0.5) is 10.7 Å². The lowest BCUT2D eigenvalue weighted by Crippen LogP contribution is -2.58. The van der Waals surface area contributed by atoms with Crippen molar-refractivity contribution in [1.29, 1.82) is 0 Å². The molecule has 4 heterocycles. The fraction of sp³-hybridized carbons (Fsp3) is 0.292. The molecule has 1 unspecified atom stereocenters. The molecule has 0 bridgehead atoms. The van der Waals surface area contributed by atoms with E-state index >= 15 is 0 Å². The van der Waals surface area contributed by atoms with Crippen LogP contribution >= 0.6 is 0 Å². The van der Waals surface area contributed by atoms with Gasteiger partial charge in [-0.3, -0.25) is 19.1 Å². The van der Waals surface area contributed by atoms with E-state index in [2.05, 4.69) is 4.98 Å². The molecule has 168 valence electrons. The van der Waals surface area contributed by atoms with E-state index in [0.29, 0.717) is 43.1 Å². The number of benzene rings is 1. The number of pyridine rings is 1. The molecule has 5 rings (SSSR count). The van der Waals surface area contributed by atoms with Crippen molar-refractivity contribution in [1.82, 2.24) is 19.4 Å². The van der Waals surface area contributed by atoms with Gasteiger partial charge >= 0.3 is 6.09 Å². The molecule has 2 aliphatic heterocycles. The second-order valence-electron chi connectivity index (χ2n) is 8.47. The lowest BCUT2D eigenvalue weighted by Gasteiger charge is -2.46. The highest BCUT2D eigenvalue weighted by atomic mass is 16.4. The highest BCUT2D eigenvalue weighted by Gasteiger charge is 2.48. The zero-order valence-electron chi connectivity index (χ0n) is 17.9. The van der Waals surface area contributed by atoms with Crippen LogP contribution < -0.4 is 10.5 Å². The first-order chi connectivity index (χ1) is 16.0. The van der Waals surface area contributed by atoms with Crippen LogP contribution in [-0.4, -0.2) is 61.6 Å². The number of rotatable bonds is 4. The van der Waals surface area contributed by atoms with Crippen molar-refractivity contribution in [3.63, 3.8) is 0 Å². The average molecular weight is 445 g/mol. The van der Waals surface area contributed by atoms with Crippen LogP contribution in [0.3, 0.4) is 0 Å². The average Bonchev–Trinajstić information content (AvgIpc) is 3.27. The summed E-state index contributed by atoms with van der Waals surface area (Å²) in [5.41, 5.74) is 1.01. The number of likely N-dealkylation sites (tertiary alicyclic amines) is 1. The van der Waals surface area contributed by atoms with Crippen LogP contribution in [0.25, 0.3) is 11.3 Å². The van der Waals surface area contributed by atoms with Crippen LogP contribution in [-0.2, 0) is 6.54 Å². The fourth-order valence-corrected chi connectivity index (χ4v) is 4.79. The van der Waals surface area contributed by atoms with Crippen molar-refractivity contribution in [2.75, 3.05) is 24.5 Å². The van der Waals surface area contributed by atoms with E-state index < -0.39 is 11.6 Å². The molecule has 0 aliphatic carbocycles. The minimum Gasteiger partial charge on any atom is -0.465 e. The summed E-state index contributed by atoms with van der Waals surface area (Å²) in [6.07, 6.45) is 3.41. The van der Waals surface area contributed by atoms with Crippen molar-refractivity contribution >= 4 is 17.8 Å². The van der Waals surface area contributed by atoms with Crippen LogP contribution in [0.1, 0.15) is 23.2 Å². The van der Waals surface area contributed by atoms with Gasteiger partial charge in [0, 0.05) is 49.2 Å². The van der Waals surface area contributed by atoms with E-state index in [1.54, 1.807) is 53.4 Å². The Morgan fingerprint density at radius 3 is 2.45 bits per heavy atom. The number of amides is 1. The predicted molar refractivity (Wildman–Crippen MR) is 121 cm³/mol. The van der Waals surface area contributed by atoms with E-state index in [1.165, 1.54) is 11.0 Å². The third-order valence-electron chi connectivity index (χ3n) is 6.58. The number of fused-ring (bicyclic) bond motifs is 1. The van der Waals surface area contributed by atoms with Crippen LogP contribution in [0.5, 0.6) is 0 Å². The fourth-order valence-electron chi connectivity index (χ4n) is 4.79. The number of anilines is 1. The number of aromatic nitrogens is 3. The zero-order chi connectivity index (χ0) is 23.0. The van der Waals surface area contributed by atoms with Crippen LogP contribution in [0, 0.1) is 0 Å². The van der Waals surface area contributed by atoms with Crippen LogP contribution in [0.2, 0.25) is 0 Å². The SMILES string of the molecule is O=C(CN1c2nc(-c3ccncc3)cc(=O)n2CCC12CCN(C(=O)O)C2)c1ccccc1. The molecule has 1 fully saturated rings. The number of carboxylic acid groups (broad SMARTS) is 1. The third-order valence-corrected chi connectivity index (χ3v) is 6.58. The number of nitrogens with zero attached hydrogens (tertiary/aromatic N) is 5. The monoisotopic (exact) mass is 445 g/mol. The highest BCUT2D eigenvalue weighted by Crippen LogP contribution is 2.38. The molecular formula is C24H23N5O4. The lowest BCUT2D eigenvalue weighted by molar-refractivity contribution is 0.0986. The Balaban J connectivity index is 1.61. The molecule has 9 heteroatoms.